The van der Waals surface area contributed by atoms with Crippen molar-refractivity contribution in [2.45, 2.75) is 0 Å². The van der Waals surface area contributed by atoms with Crippen molar-refractivity contribution in [3.05, 3.63) is 83.9 Å². The highest BCUT2D eigenvalue weighted by Gasteiger charge is 2.14. The van der Waals surface area contributed by atoms with Gasteiger partial charge in [0.25, 0.3) is 0 Å². The summed E-state index contributed by atoms with van der Waals surface area (Å²) in [5.41, 5.74) is 1.23. The number of carbonyl (C=O) groups is 1. The number of ether oxygens (including phenoxy) is 4. The van der Waals surface area contributed by atoms with E-state index < -0.39 is 0 Å². The van der Waals surface area contributed by atoms with Gasteiger partial charge in [-0.3, -0.25) is 4.79 Å². The number of methoxy groups -OCH3 is 3. The van der Waals surface area contributed by atoms with E-state index in [4.69, 9.17) is 18.9 Å². The molecule has 0 saturated heterocycles. The number of hydrogen-bond acceptors (Lipinski definition) is 5. The fraction of sp³-hybridized carbons (Fsp3) is 0.125. The minimum absolute atomic E-state index is 0.152. The van der Waals surface area contributed by atoms with Gasteiger partial charge in [0.15, 0.2) is 17.3 Å². The number of para-hydroxylation sites is 1. The molecule has 0 aliphatic heterocycles. The summed E-state index contributed by atoms with van der Waals surface area (Å²) in [6, 6.07) is 20.0. The summed E-state index contributed by atoms with van der Waals surface area (Å²) in [7, 11) is 4.64. The first kappa shape index (κ1) is 20.0. The van der Waals surface area contributed by atoms with Gasteiger partial charge in [0, 0.05) is 11.1 Å². The van der Waals surface area contributed by atoms with Crippen molar-refractivity contribution >= 4 is 11.9 Å². The van der Waals surface area contributed by atoms with Crippen molar-refractivity contribution in [2.24, 2.45) is 0 Å². The van der Waals surface area contributed by atoms with Crippen molar-refractivity contribution in [3.8, 4) is 28.7 Å². The number of ketones is 1. The molecule has 0 bridgehead atoms. The molecule has 3 rings (SSSR count). The second-order valence-corrected chi connectivity index (χ2v) is 6.06. The summed E-state index contributed by atoms with van der Waals surface area (Å²) >= 11 is 0. The quantitative estimate of drug-likeness (QED) is 0.381. The third kappa shape index (κ3) is 4.76. The van der Waals surface area contributed by atoms with Crippen LogP contribution in [0.3, 0.4) is 0 Å². The van der Waals surface area contributed by atoms with E-state index in [1.807, 2.05) is 36.4 Å². The molecule has 148 valence electrons. The molecule has 5 heteroatoms. The van der Waals surface area contributed by atoms with E-state index in [0.29, 0.717) is 39.9 Å². The number of rotatable bonds is 8. The van der Waals surface area contributed by atoms with Gasteiger partial charge in [-0.15, -0.1) is 0 Å². The first-order valence-corrected chi connectivity index (χ1v) is 9.00. The molecule has 29 heavy (non-hydrogen) atoms. The molecule has 0 heterocycles. The summed E-state index contributed by atoms with van der Waals surface area (Å²) < 4.78 is 21.9. The number of carbonyl (C=O) groups excluding carboxylic acids is 1. The molecule has 0 radical (unpaired) electrons. The molecule has 0 N–H and O–H groups in total. The Bertz CT molecular complexity index is 1010. The van der Waals surface area contributed by atoms with E-state index in [9.17, 15) is 4.79 Å². The zero-order valence-corrected chi connectivity index (χ0v) is 16.5. The van der Waals surface area contributed by atoms with Crippen molar-refractivity contribution in [3.63, 3.8) is 0 Å². The van der Waals surface area contributed by atoms with Gasteiger partial charge in [-0.2, -0.15) is 0 Å². The highest BCUT2D eigenvalue weighted by molar-refractivity contribution is 6.07. The fourth-order valence-electron chi connectivity index (χ4n) is 2.85. The molecule has 3 aromatic rings. The Hall–Kier alpha value is -3.73. The molecule has 3 aromatic carbocycles. The summed E-state index contributed by atoms with van der Waals surface area (Å²) in [6.45, 7) is 0. The van der Waals surface area contributed by atoms with E-state index in [1.54, 1.807) is 50.6 Å². The molecular weight excluding hydrogens is 368 g/mol. The standard InChI is InChI=1S/C24H22O5/c1-26-22-15-13-17(23(27-2)24(22)28-3)12-14-21(25)18-8-7-11-20(16-18)29-19-9-5-4-6-10-19/h4-16H,1-3H3. The highest BCUT2D eigenvalue weighted by Crippen LogP contribution is 2.40. The third-order valence-electron chi connectivity index (χ3n) is 4.25. The zero-order valence-electron chi connectivity index (χ0n) is 16.5. The van der Waals surface area contributed by atoms with Crippen LogP contribution >= 0.6 is 0 Å². The van der Waals surface area contributed by atoms with E-state index in [1.165, 1.54) is 13.2 Å². The Balaban J connectivity index is 1.82. The monoisotopic (exact) mass is 390 g/mol. The van der Waals surface area contributed by atoms with Crippen LogP contribution in [0.2, 0.25) is 0 Å². The Labute approximate surface area is 170 Å². The van der Waals surface area contributed by atoms with Crippen molar-refractivity contribution < 1.29 is 23.7 Å². The van der Waals surface area contributed by atoms with Gasteiger partial charge in [0.05, 0.1) is 21.3 Å². The average Bonchev–Trinajstić information content (AvgIpc) is 2.77. The predicted molar refractivity (Wildman–Crippen MR) is 112 cm³/mol. The minimum atomic E-state index is -0.152. The van der Waals surface area contributed by atoms with Crippen LogP contribution < -0.4 is 18.9 Å². The second-order valence-electron chi connectivity index (χ2n) is 6.06. The summed E-state index contributed by atoms with van der Waals surface area (Å²) in [6.07, 6.45) is 3.18. The number of allylic oxidation sites excluding steroid dienone is 1. The van der Waals surface area contributed by atoms with Gasteiger partial charge in [0.2, 0.25) is 5.75 Å². The number of benzene rings is 3. The Kier molecular flexibility index (Phi) is 6.53. The molecular formula is C24H22O5. The molecule has 0 unspecified atom stereocenters. The van der Waals surface area contributed by atoms with Crippen molar-refractivity contribution in [1.29, 1.82) is 0 Å². The molecule has 0 aromatic heterocycles. The van der Waals surface area contributed by atoms with Crippen LogP contribution in [0.5, 0.6) is 28.7 Å². The smallest absolute Gasteiger partial charge is 0.203 e. The zero-order chi connectivity index (χ0) is 20.6. The van der Waals surface area contributed by atoms with E-state index >= 15 is 0 Å². The Morgan fingerprint density at radius 1 is 0.759 bits per heavy atom. The highest BCUT2D eigenvalue weighted by atomic mass is 16.5. The van der Waals surface area contributed by atoms with Crippen LogP contribution in [-0.2, 0) is 0 Å². The van der Waals surface area contributed by atoms with Crippen LogP contribution in [0.4, 0.5) is 0 Å². The lowest BCUT2D eigenvalue weighted by atomic mass is 10.1. The lowest BCUT2D eigenvalue weighted by Gasteiger charge is -2.13. The van der Waals surface area contributed by atoms with Gasteiger partial charge >= 0.3 is 0 Å². The lowest BCUT2D eigenvalue weighted by Crippen LogP contribution is -1.98. The first-order chi connectivity index (χ1) is 14.2. The average molecular weight is 390 g/mol. The topological polar surface area (TPSA) is 54.0 Å². The molecule has 5 nitrogen and oxygen atoms in total. The predicted octanol–water partition coefficient (Wildman–Crippen LogP) is 5.40. The normalized spacial score (nSPS) is 10.6. The molecule has 0 aliphatic rings. The lowest BCUT2D eigenvalue weighted by molar-refractivity contribution is 0.104. The molecule has 0 amide bonds. The Morgan fingerprint density at radius 3 is 2.17 bits per heavy atom. The summed E-state index contributed by atoms with van der Waals surface area (Å²) in [4.78, 5) is 12.7. The Morgan fingerprint density at radius 2 is 1.48 bits per heavy atom. The maximum Gasteiger partial charge on any atom is 0.203 e. The van der Waals surface area contributed by atoms with Crippen LogP contribution in [0.15, 0.2) is 72.8 Å². The largest absolute Gasteiger partial charge is 0.493 e. The maximum absolute atomic E-state index is 12.7. The van der Waals surface area contributed by atoms with E-state index in [0.717, 1.165) is 0 Å². The van der Waals surface area contributed by atoms with Gasteiger partial charge < -0.3 is 18.9 Å². The van der Waals surface area contributed by atoms with Crippen LogP contribution in [-0.4, -0.2) is 27.1 Å². The third-order valence-corrected chi connectivity index (χ3v) is 4.25. The minimum Gasteiger partial charge on any atom is -0.493 e. The molecule has 0 atom stereocenters. The van der Waals surface area contributed by atoms with Crippen molar-refractivity contribution in [2.75, 3.05) is 21.3 Å². The van der Waals surface area contributed by atoms with Gasteiger partial charge in [0.1, 0.15) is 11.5 Å². The molecule has 0 spiro atoms. The fourth-order valence-corrected chi connectivity index (χ4v) is 2.85. The van der Waals surface area contributed by atoms with Crippen LogP contribution in [0.1, 0.15) is 15.9 Å². The molecule has 0 saturated carbocycles. The SMILES string of the molecule is COc1ccc(C=CC(=O)c2cccc(Oc3ccccc3)c2)c(OC)c1OC. The van der Waals surface area contributed by atoms with Gasteiger partial charge in [-0.25, -0.2) is 0 Å². The van der Waals surface area contributed by atoms with Crippen LogP contribution in [0.25, 0.3) is 6.08 Å². The first-order valence-electron chi connectivity index (χ1n) is 9.00. The second kappa shape index (κ2) is 9.46. The van der Waals surface area contributed by atoms with E-state index in [-0.39, 0.29) is 5.78 Å². The summed E-state index contributed by atoms with van der Waals surface area (Å²) in [5, 5.41) is 0. The van der Waals surface area contributed by atoms with Gasteiger partial charge in [-0.05, 0) is 48.6 Å². The van der Waals surface area contributed by atoms with Crippen molar-refractivity contribution in [1.82, 2.24) is 0 Å². The van der Waals surface area contributed by atoms with E-state index in [2.05, 4.69) is 0 Å². The molecule has 0 fully saturated rings. The maximum atomic E-state index is 12.7. The summed E-state index contributed by atoms with van der Waals surface area (Å²) in [5.74, 6) is 2.68. The molecule has 0 aliphatic carbocycles. The van der Waals surface area contributed by atoms with Gasteiger partial charge in [-0.1, -0.05) is 30.3 Å². The number of hydrogen-bond donors (Lipinski definition) is 0. The van der Waals surface area contributed by atoms with Crippen LogP contribution in [0, 0.1) is 0 Å².